The van der Waals surface area contributed by atoms with Gasteiger partial charge in [-0.05, 0) is 37.0 Å². The van der Waals surface area contributed by atoms with Crippen LogP contribution < -0.4 is 0 Å². The molecule has 0 radical (unpaired) electrons. The molecule has 1 saturated heterocycles. The fourth-order valence-corrected chi connectivity index (χ4v) is 3.65. The summed E-state index contributed by atoms with van der Waals surface area (Å²) in [6.45, 7) is 3.50. The minimum atomic E-state index is -0.427. The second-order valence-electron chi connectivity index (χ2n) is 6.88. The molecule has 3 aromatic rings. The van der Waals surface area contributed by atoms with E-state index in [-0.39, 0.29) is 11.9 Å². The molecular weight excluding hydrogens is 326 g/mol. The van der Waals surface area contributed by atoms with E-state index in [1.54, 1.807) is 10.9 Å². The Bertz CT molecular complexity index is 855. The summed E-state index contributed by atoms with van der Waals surface area (Å²) in [5.74, 6) is 0.0912. The maximum Gasteiger partial charge on any atom is 0.252 e. The molecule has 1 aliphatic heterocycles. The zero-order chi connectivity index (χ0) is 17.9. The number of likely N-dealkylation sites (tertiary alicyclic amines) is 1. The van der Waals surface area contributed by atoms with Crippen molar-refractivity contribution in [3.8, 4) is 0 Å². The number of benzene rings is 1. The van der Waals surface area contributed by atoms with Gasteiger partial charge in [0.05, 0.1) is 12.2 Å². The highest BCUT2D eigenvalue weighted by Crippen LogP contribution is 2.26. The molecule has 134 valence electrons. The molecule has 6 heteroatoms. The largest absolute Gasteiger partial charge is 0.338 e. The maximum atomic E-state index is 13.4. The number of aromatic nitrogens is 4. The summed E-state index contributed by atoms with van der Waals surface area (Å²) < 4.78 is 3.75. The molecule has 0 bridgehead atoms. The molecule has 1 aliphatic rings. The molecule has 0 saturated carbocycles. The van der Waals surface area contributed by atoms with Crippen molar-refractivity contribution >= 4 is 5.91 Å². The van der Waals surface area contributed by atoms with Crippen LogP contribution in [0.25, 0.3) is 0 Å². The summed E-state index contributed by atoms with van der Waals surface area (Å²) in [5.41, 5.74) is 2.10. The van der Waals surface area contributed by atoms with Crippen LogP contribution in [0.15, 0.2) is 61.2 Å². The van der Waals surface area contributed by atoms with Gasteiger partial charge in [0, 0.05) is 31.7 Å². The van der Waals surface area contributed by atoms with E-state index in [1.165, 1.54) is 0 Å². The van der Waals surface area contributed by atoms with Crippen LogP contribution in [0.1, 0.15) is 36.1 Å². The zero-order valence-electron chi connectivity index (χ0n) is 14.9. The van der Waals surface area contributed by atoms with E-state index in [0.717, 1.165) is 30.5 Å². The Morgan fingerprint density at radius 1 is 1.19 bits per heavy atom. The Morgan fingerprint density at radius 2 is 2.04 bits per heavy atom. The number of aryl methyl sites for hydroxylation is 1. The SMILES string of the molecule is Cc1cnn([C@H]2CCCN(C(=O)[C@H](c3ccccc3)n3cccn3)C2)c1. The molecule has 6 nitrogen and oxygen atoms in total. The molecule has 2 aromatic heterocycles. The van der Waals surface area contributed by atoms with Crippen LogP contribution >= 0.6 is 0 Å². The minimum absolute atomic E-state index is 0.0912. The lowest BCUT2D eigenvalue weighted by atomic mass is 10.0. The van der Waals surface area contributed by atoms with Crippen LogP contribution in [0.2, 0.25) is 0 Å². The summed E-state index contributed by atoms with van der Waals surface area (Å²) in [7, 11) is 0. The Morgan fingerprint density at radius 3 is 2.73 bits per heavy atom. The highest BCUT2D eigenvalue weighted by atomic mass is 16.2. The number of piperidine rings is 1. The van der Waals surface area contributed by atoms with Gasteiger partial charge in [0.1, 0.15) is 0 Å². The van der Waals surface area contributed by atoms with E-state index in [0.29, 0.717) is 6.54 Å². The molecule has 2 atom stereocenters. The molecule has 0 N–H and O–H groups in total. The topological polar surface area (TPSA) is 56.0 Å². The van der Waals surface area contributed by atoms with Gasteiger partial charge in [-0.2, -0.15) is 10.2 Å². The third-order valence-electron chi connectivity index (χ3n) is 4.95. The lowest BCUT2D eigenvalue weighted by molar-refractivity contribution is -0.135. The van der Waals surface area contributed by atoms with E-state index in [1.807, 2.05) is 65.3 Å². The van der Waals surface area contributed by atoms with Gasteiger partial charge in [-0.25, -0.2) is 0 Å². The Kier molecular flexibility index (Phi) is 4.56. The molecule has 1 amide bonds. The highest BCUT2D eigenvalue weighted by Gasteiger charge is 2.32. The average Bonchev–Trinajstić information content (AvgIpc) is 3.35. The molecule has 3 heterocycles. The average molecular weight is 349 g/mol. The van der Waals surface area contributed by atoms with Gasteiger partial charge in [-0.1, -0.05) is 30.3 Å². The van der Waals surface area contributed by atoms with Crippen LogP contribution in [0.5, 0.6) is 0 Å². The Hall–Kier alpha value is -2.89. The molecule has 1 aromatic carbocycles. The monoisotopic (exact) mass is 349 g/mol. The van der Waals surface area contributed by atoms with Crippen molar-refractivity contribution in [2.45, 2.75) is 31.8 Å². The second kappa shape index (κ2) is 7.15. The number of rotatable bonds is 4. The van der Waals surface area contributed by atoms with Crippen LogP contribution in [-0.4, -0.2) is 43.5 Å². The molecule has 26 heavy (non-hydrogen) atoms. The number of hydrogen-bond donors (Lipinski definition) is 0. The van der Waals surface area contributed by atoms with Crippen LogP contribution in [0.4, 0.5) is 0 Å². The van der Waals surface area contributed by atoms with Gasteiger partial charge in [-0.3, -0.25) is 14.2 Å². The smallest absolute Gasteiger partial charge is 0.252 e. The zero-order valence-corrected chi connectivity index (χ0v) is 14.9. The Balaban J connectivity index is 1.59. The van der Waals surface area contributed by atoms with Crippen LogP contribution in [0.3, 0.4) is 0 Å². The normalized spacial score (nSPS) is 18.7. The second-order valence-corrected chi connectivity index (χ2v) is 6.88. The number of nitrogens with zero attached hydrogens (tertiary/aromatic N) is 5. The maximum absolute atomic E-state index is 13.4. The van der Waals surface area contributed by atoms with Crippen LogP contribution in [-0.2, 0) is 4.79 Å². The van der Waals surface area contributed by atoms with Crippen molar-refractivity contribution in [1.82, 2.24) is 24.5 Å². The summed E-state index contributed by atoms with van der Waals surface area (Å²) in [5, 5.41) is 8.79. The third kappa shape index (κ3) is 3.27. The fourth-order valence-electron chi connectivity index (χ4n) is 3.65. The summed E-state index contributed by atoms with van der Waals surface area (Å²) >= 11 is 0. The van der Waals surface area contributed by atoms with Crippen molar-refractivity contribution in [1.29, 1.82) is 0 Å². The first-order chi connectivity index (χ1) is 12.7. The van der Waals surface area contributed by atoms with E-state index in [4.69, 9.17) is 0 Å². The van der Waals surface area contributed by atoms with E-state index in [2.05, 4.69) is 16.4 Å². The molecular formula is C20H23N5O. The van der Waals surface area contributed by atoms with Gasteiger partial charge < -0.3 is 4.90 Å². The summed E-state index contributed by atoms with van der Waals surface area (Å²) in [4.78, 5) is 15.4. The predicted molar refractivity (Wildman–Crippen MR) is 98.6 cm³/mol. The highest BCUT2D eigenvalue weighted by molar-refractivity contribution is 5.83. The summed E-state index contributed by atoms with van der Waals surface area (Å²) in [6.07, 6.45) is 9.53. The van der Waals surface area contributed by atoms with Gasteiger partial charge >= 0.3 is 0 Å². The number of hydrogen-bond acceptors (Lipinski definition) is 3. The van der Waals surface area contributed by atoms with Crippen LogP contribution in [0, 0.1) is 6.92 Å². The van der Waals surface area contributed by atoms with Crippen molar-refractivity contribution in [3.63, 3.8) is 0 Å². The molecule has 0 aliphatic carbocycles. The predicted octanol–water partition coefficient (Wildman–Crippen LogP) is 2.84. The first-order valence-electron chi connectivity index (χ1n) is 9.06. The first-order valence-corrected chi connectivity index (χ1v) is 9.06. The lowest BCUT2D eigenvalue weighted by Gasteiger charge is -2.35. The Labute approximate surface area is 153 Å². The van der Waals surface area contributed by atoms with Gasteiger partial charge in [-0.15, -0.1) is 0 Å². The lowest BCUT2D eigenvalue weighted by Crippen LogP contribution is -2.44. The van der Waals surface area contributed by atoms with Crippen molar-refractivity contribution in [3.05, 3.63) is 72.3 Å². The number of carbonyl (C=O) groups is 1. The third-order valence-corrected chi connectivity index (χ3v) is 4.95. The van der Waals surface area contributed by atoms with Gasteiger partial charge in [0.25, 0.3) is 5.91 Å². The van der Waals surface area contributed by atoms with E-state index in [9.17, 15) is 4.79 Å². The number of carbonyl (C=O) groups excluding carboxylic acids is 1. The number of amides is 1. The minimum Gasteiger partial charge on any atom is -0.338 e. The molecule has 1 fully saturated rings. The standard InChI is InChI=1S/C20H23N5O/c1-16-13-22-25(14-16)18-9-5-11-23(15-18)20(26)19(24-12-6-10-21-24)17-7-3-2-4-8-17/h2-4,6-8,10,12-14,18-19H,5,9,11,15H2,1H3/t18-,19-/m0/s1. The van der Waals surface area contributed by atoms with Crippen molar-refractivity contribution in [2.24, 2.45) is 0 Å². The quantitative estimate of drug-likeness (QED) is 0.728. The fraction of sp³-hybridized carbons (Fsp3) is 0.350. The molecule has 4 rings (SSSR count). The van der Waals surface area contributed by atoms with Gasteiger partial charge in [0.2, 0.25) is 0 Å². The van der Waals surface area contributed by atoms with Crippen molar-refractivity contribution in [2.75, 3.05) is 13.1 Å². The summed E-state index contributed by atoms with van der Waals surface area (Å²) in [6, 6.07) is 11.5. The van der Waals surface area contributed by atoms with E-state index >= 15 is 0 Å². The molecule has 0 spiro atoms. The first kappa shape index (κ1) is 16.6. The van der Waals surface area contributed by atoms with Crippen molar-refractivity contribution < 1.29 is 4.79 Å². The molecule has 0 unspecified atom stereocenters. The van der Waals surface area contributed by atoms with Gasteiger partial charge in [0.15, 0.2) is 6.04 Å². The van der Waals surface area contributed by atoms with E-state index < -0.39 is 6.04 Å².